The minimum absolute atomic E-state index is 0.0605. The number of nitrogens with one attached hydrogen (secondary N) is 2. The number of hydrogen-bond donors (Lipinski definition) is 2. The van der Waals surface area contributed by atoms with Crippen LogP contribution in [0.4, 0.5) is 5.69 Å². The topological polar surface area (TPSA) is 59.6 Å². The normalized spacial score (nSPS) is 21.8. The molecule has 5 nitrogen and oxygen atoms in total. The van der Waals surface area contributed by atoms with Crippen LogP contribution in [0.5, 0.6) is 5.75 Å². The number of hydrogen-bond acceptors (Lipinski definition) is 4. The fraction of sp³-hybridized carbons (Fsp3) is 0.500. The van der Waals surface area contributed by atoms with Crippen LogP contribution in [-0.4, -0.2) is 38.8 Å². The lowest BCUT2D eigenvalue weighted by Crippen LogP contribution is -2.41. The van der Waals surface area contributed by atoms with Crippen molar-refractivity contribution in [1.29, 1.82) is 0 Å². The molecule has 2 unspecified atom stereocenters. The second-order valence-electron chi connectivity index (χ2n) is 4.65. The molecule has 1 heterocycles. The van der Waals surface area contributed by atoms with E-state index in [0.717, 1.165) is 6.54 Å². The van der Waals surface area contributed by atoms with Crippen molar-refractivity contribution in [3.05, 3.63) is 23.2 Å². The van der Waals surface area contributed by atoms with Gasteiger partial charge in [-0.2, -0.15) is 0 Å². The highest BCUT2D eigenvalue weighted by atomic mass is 35.5. The molecule has 20 heavy (non-hydrogen) atoms. The summed E-state index contributed by atoms with van der Waals surface area (Å²) in [5, 5.41) is 6.59. The molecular weight excluding hydrogens is 280 g/mol. The van der Waals surface area contributed by atoms with Gasteiger partial charge in [-0.15, -0.1) is 0 Å². The number of methoxy groups -OCH3 is 1. The van der Waals surface area contributed by atoms with Crippen LogP contribution in [0.3, 0.4) is 0 Å². The van der Waals surface area contributed by atoms with Gasteiger partial charge in [0.1, 0.15) is 5.75 Å². The molecule has 0 saturated carbocycles. The SMILES string of the molecule is CCNC1COCC1C(=O)Nc1ccc(OC)c(Cl)c1. The van der Waals surface area contributed by atoms with E-state index in [2.05, 4.69) is 10.6 Å². The van der Waals surface area contributed by atoms with Crippen LogP contribution in [0.2, 0.25) is 5.02 Å². The van der Waals surface area contributed by atoms with Gasteiger partial charge in [0.25, 0.3) is 0 Å². The molecule has 1 fully saturated rings. The zero-order valence-corrected chi connectivity index (χ0v) is 12.4. The number of amides is 1. The Bertz CT molecular complexity index is 481. The van der Waals surface area contributed by atoms with E-state index >= 15 is 0 Å². The van der Waals surface area contributed by atoms with Gasteiger partial charge in [0.2, 0.25) is 5.91 Å². The lowest BCUT2D eigenvalue weighted by molar-refractivity contribution is -0.120. The lowest BCUT2D eigenvalue weighted by atomic mass is 10.0. The quantitative estimate of drug-likeness (QED) is 0.872. The second-order valence-corrected chi connectivity index (χ2v) is 5.05. The molecular formula is C14H19ClN2O3. The van der Waals surface area contributed by atoms with E-state index in [-0.39, 0.29) is 17.9 Å². The predicted molar refractivity (Wildman–Crippen MR) is 78.4 cm³/mol. The van der Waals surface area contributed by atoms with E-state index in [1.165, 1.54) is 0 Å². The highest BCUT2D eigenvalue weighted by molar-refractivity contribution is 6.32. The van der Waals surface area contributed by atoms with Crippen LogP contribution in [0, 0.1) is 5.92 Å². The Labute approximate surface area is 123 Å². The molecule has 0 aromatic heterocycles. The van der Waals surface area contributed by atoms with Gasteiger partial charge >= 0.3 is 0 Å². The maximum Gasteiger partial charge on any atom is 0.231 e. The van der Waals surface area contributed by atoms with E-state index in [1.54, 1.807) is 25.3 Å². The van der Waals surface area contributed by atoms with Gasteiger partial charge in [0, 0.05) is 11.7 Å². The third kappa shape index (κ3) is 3.42. The first-order chi connectivity index (χ1) is 9.65. The number of ether oxygens (including phenoxy) is 2. The van der Waals surface area contributed by atoms with Crippen LogP contribution in [-0.2, 0) is 9.53 Å². The molecule has 110 valence electrons. The third-order valence-corrected chi connectivity index (χ3v) is 3.60. The summed E-state index contributed by atoms with van der Waals surface area (Å²) in [5.74, 6) is 0.338. The average molecular weight is 299 g/mol. The molecule has 6 heteroatoms. The molecule has 1 aliphatic heterocycles. The van der Waals surface area contributed by atoms with Crippen molar-refractivity contribution in [1.82, 2.24) is 5.32 Å². The largest absolute Gasteiger partial charge is 0.495 e. The summed E-state index contributed by atoms with van der Waals surface area (Å²) in [6.45, 7) is 3.82. The summed E-state index contributed by atoms with van der Waals surface area (Å²) in [4.78, 5) is 12.3. The molecule has 1 aromatic rings. The summed E-state index contributed by atoms with van der Waals surface area (Å²) in [6.07, 6.45) is 0. The average Bonchev–Trinajstić information content (AvgIpc) is 2.88. The van der Waals surface area contributed by atoms with E-state index in [9.17, 15) is 4.79 Å². The lowest BCUT2D eigenvalue weighted by Gasteiger charge is -2.18. The van der Waals surface area contributed by atoms with Crippen molar-refractivity contribution in [2.75, 3.05) is 32.2 Å². The maximum atomic E-state index is 12.3. The summed E-state index contributed by atoms with van der Waals surface area (Å²) in [6, 6.07) is 5.23. The van der Waals surface area contributed by atoms with Crippen LogP contribution < -0.4 is 15.4 Å². The van der Waals surface area contributed by atoms with Gasteiger partial charge in [0.15, 0.2) is 0 Å². The number of halogens is 1. The van der Waals surface area contributed by atoms with Gasteiger partial charge in [-0.05, 0) is 24.7 Å². The molecule has 0 radical (unpaired) electrons. The summed E-state index contributed by atoms with van der Waals surface area (Å²) < 4.78 is 10.5. The van der Waals surface area contributed by atoms with Crippen molar-refractivity contribution < 1.29 is 14.3 Å². The third-order valence-electron chi connectivity index (χ3n) is 3.30. The van der Waals surface area contributed by atoms with E-state index in [1.807, 2.05) is 6.92 Å². The number of likely N-dealkylation sites (N-methyl/N-ethyl adjacent to an activating group) is 1. The van der Waals surface area contributed by atoms with Gasteiger partial charge in [-0.25, -0.2) is 0 Å². The zero-order chi connectivity index (χ0) is 14.5. The van der Waals surface area contributed by atoms with Crippen molar-refractivity contribution in [2.24, 2.45) is 5.92 Å². The molecule has 0 spiro atoms. The van der Waals surface area contributed by atoms with Crippen molar-refractivity contribution in [3.8, 4) is 5.75 Å². The van der Waals surface area contributed by atoms with Crippen molar-refractivity contribution >= 4 is 23.2 Å². The second kappa shape index (κ2) is 6.92. The minimum atomic E-state index is -0.184. The Morgan fingerprint density at radius 1 is 1.50 bits per heavy atom. The predicted octanol–water partition coefficient (Wildman–Crippen LogP) is 1.91. The van der Waals surface area contributed by atoms with Gasteiger partial charge < -0.3 is 20.1 Å². The monoisotopic (exact) mass is 298 g/mol. The standard InChI is InChI=1S/C14H19ClN2O3/c1-3-16-12-8-20-7-10(12)14(18)17-9-4-5-13(19-2)11(15)6-9/h4-6,10,12,16H,3,7-8H2,1-2H3,(H,17,18). The van der Waals surface area contributed by atoms with Gasteiger partial charge in [-0.1, -0.05) is 18.5 Å². The Morgan fingerprint density at radius 3 is 2.95 bits per heavy atom. The molecule has 1 saturated heterocycles. The number of rotatable bonds is 5. The smallest absolute Gasteiger partial charge is 0.231 e. The Balaban J connectivity index is 2.02. The number of anilines is 1. The van der Waals surface area contributed by atoms with Crippen LogP contribution in [0.15, 0.2) is 18.2 Å². The number of carbonyl (C=O) groups excluding carboxylic acids is 1. The molecule has 1 aromatic carbocycles. The Hall–Kier alpha value is -1.30. The van der Waals surface area contributed by atoms with E-state index < -0.39 is 0 Å². The number of benzene rings is 1. The van der Waals surface area contributed by atoms with Crippen molar-refractivity contribution in [3.63, 3.8) is 0 Å². The highest BCUT2D eigenvalue weighted by Gasteiger charge is 2.33. The first-order valence-electron chi connectivity index (χ1n) is 6.61. The Kier molecular flexibility index (Phi) is 5.23. The minimum Gasteiger partial charge on any atom is -0.495 e. The van der Waals surface area contributed by atoms with E-state index in [0.29, 0.717) is 29.7 Å². The molecule has 2 N–H and O–H groups in total. The molecule has 1 aliphatic rings. The fourth-order valence-corrected chi connectivity index (χ4v) is 2.51. The highest BCUT2D eigenvalue weighted by Crippen LogP contribution is 2.27. The van der Waals surface area contributed by atoms with Gasteiger partial charge in [-0.3, -0.25) is 4.79 Å². The van der Waals surface area contributed by atoms with Crippen molar-refractivity contribution in [2.45, 2.75) is 13.0 Å². The maximum absolute atomic E-state index is 12.3. The van der Waals surface area contributed by atoms with E-state index in [4.69, 9.17) is 21.1 Å². The summed E-state index contributed by atoms with van der Waals surface area (Å²) in [5.41, 5.74) is 0.656. The fourth-order valence-electron chi connectivity index (χ4n) is 2.26. The first-order valence-corrected chi connectivity index (χ1v) is 6.99. The first kappa shape index (κ1) is 15.1. The van der Waals surface area contributed by atoms with Gasteiger partial charge in [0.05, 0.1) is 31.3 Å². The Morgan fingerprint density at radius 2 is 2.30 bits per heavy atom. The van der Waals surface area contributed by atoms with Crippen LogP contribution >= 0.6 is 11.6 Å². The summed E-state index contributed by atoms with van der Waals surface area (Å²) >= 11 is 6.04. The number of carbonyl (C=O) groups is 1. The zero-order valence-electron chi connectivity index (χ0n) is 11.6. The van der Waals surface area contributed by atoms with Crippen LogP contribution in [0.25, 0.3) is 0 Å². The van der Waals surface area contributed by atoms with Crippen LogP contribution in [0.1, 0.15) is 6.92 Å². The molecule has 2 atom stereocenters. The molecule has 0 bridgehead atoms. The molecule has 2 rings (SSSR count). The summed E-state index contributed by atoms with van der Waals surface area (Å²) in [7, 11) is 1.55. The molecule has 1 amide bonds. The molecule has 0 aliphatic carbocycles.